The molecule has 0 radical (unpaired) electrons. The van der Waals surface area contributed by atoms with Crippen molar-refractivity contribution in [3.63, 3.8) is 0 Å². The third-order valence-corrected chi connectivity index (χ3v) is 2.95. The maximum absolute atomic E-state index is 13.4. The number of halogens is 1. The predicted octanol–water partition coefficient (Wildman–Crippen LogP) is 2.02. The first-order chi connectivity index (χ1) is 7.59. The molecule has 1 heterocycles. The van der Waals surface area contributed by atoms with E-state index in [4.69, 9.17) is 10.5 Å². The van der Waals surface area contributed by atoms with Gasteiger partial charge in [-0.3, -0.25) is 0 Å². The summed E-state index contributed by atoms with van der Waals surface area (Å²) >= 11 is 0. The van der Waals surface area contributed by atoms with E-state index in [1.54, 1.807) is 6.07 Å². The van der Waals surface area contributed by atoms with E-state index in [2.05, 4.69) is 11.8 Å². The summed E-state index contributed by atoms with van der Waals surface area (Å²) in [6, 6.07) is 5.15. The number of nitrogens with two attached hydrogens (primary N) is 1. The lowest BCUT2D eigenvalue weighted by molar-refractivity contribution is 0.0344. The number of anilines is 2. The maximum Gasteiger partial charge on any atom is 0.148 e. The van der Waals surface area contributed by atoms with Gasteiger partial charge in [-0.05, 0) is 26.0 Å². The number of hydrogen-bond acceptors (Lipinski definition) is 3. The fourth-order valence-electron chi connectivity index (χ4n) is 2.02. The molecule has 1 saturated heterocycles. The number of nitrogens with zero attached hydrogens (tertiary/aromatic N) is 1. The lowest BCUT2D eigenvalue weighted by Crippen LogP contribution is -2.47. The quantitative estimate of drug-likeness (QED) is 0.742. The number of morpholine rings is 1. The van der Waals surface area contributed by atoms with Crippen LogP contribution in [0.3, 0.4) is 0 Å². The van der Waals surface area contributed by atoms with Crippen molar-refractivity contribution in [2.45, 2.75) is 26.0 Å². The fraction of sp³-hybridized carbons (Fsp3) is 0.500. The van der Waals surface area contributed by atoms with E-state index in [9.17, 15) is 4.39 Å². The van der Waals surface area contributed by atoms with Gasteiger partial charge in [0.1, 0.15) is 5.82 Å². The van der Waals surface area contributed by atoms with Crippen LogP contribution >= 0.6 is 0 Å². The molecule has 0 spiro atoms. The molecule has 16 heavy (non-hydrogen) atoms. The zero-order valence-corrected chi connectivity index (χ0v) is 9.61. The van der Waals surface area contributed by atoms with E-state index in [-0.39, 0.29) is 23.7 Å². The highest BCUT2D eigenvalue weighted by molar-refractivity contribution is 5.68. The van der Waals surface area contributed by atoms with Gasteiger partial charge in [0.25, 0.3) is 0 Å². The van der Waals surface area contributed by atoms with Crippen LogP contribution in [0.25, 0.3) is 0 Å². The maximum atomic E-state index is 13.4. The van der Waals surface area contributed by atoms with Crippen LogP contribution in [0, 0.1) is 5.82 Å². The van der Waals surface area contributed by atoms with Gasteiger partial charge in [0.15, 0.2) is 0 Å². The first-order valence-electron chi connectivity index (χ1n) is 5.52. The molecule has 2 unspecified atom stereocenters. The standard InChI is InChI=1S/C12H17FN2O/c1-8-7-16-9(2)6-15(8)11-5-3-4-10(13)12(11)14/h3-5,8-9H,6-7,14H2,1-2H3. The molecule has 2 rings (SSSR count). The molecule has 1 aliphatic heterocycles. The lowest BCUT2D eigenvalue weighted by atomic mass is 10.1. The zero-order valence-electron chi connectivity index (χ0n) is 9.61. The van der Waals surface area contributed by atoms with Gasteiger partial charge in [-0.15, -0.1) is 0 Å². The van der Waals surface area contributed by atoms with Gasteiger partial charge in [0.05, 0.1) is 24.1 Å². The number of benzene rings is 1. The van der Waals surface area contributed by atoms with E-state index in [1.165, 1.54) is 6.07 Å². The molecule has 3 nitrogen and oxygen atoms in total. The van der Waals surface area contributed by atoms with Gasteiger partial charge in [-0.1, -0.05) is 6.07 Å². The Balaban J connectivity index is 2.31. The molecule has 1 aromatic rings. The predicted molar refractivity (Wildman–Crippen MR) is 63.0 cm³/mol. The second-order valence-electron chi connectivity index (χ2n) is 4.32. The summed E-state index contributed by atoms with van der Waals surface area (Å²) in [6.45, 7) is 5.45. The Labute approximate surface area is 95.0 Å². The molecule has 1 aliphatic rings. The van der Waals surface area contributed by atoms with Crippen LogP contribution in [0.5, 0.6) is 0 Å². The molecule has 0 aromatic heterocycles. The van der Waals surface area contributed by atoms with Gasteiger partial charge in [-0.2, -0.15) is 0 Å². The molecule has 1 fully saturated rings. The topological polar surface area (TPSA) is 38.5 Å². The van der Waals surface area contributed by atoms with Crippen LogP contribution in [0.1, 0.15) is 13.8 Å². The van der Waals surface area contributed by atoms with E-state index in [1.807, 2.05) is 13.0 Å². The van der Waals surface area contributed by atoms with Gasteiger partial charge >= 0.3 is 0 Å². The van der Waals surface area contributed by atoms with Crippen LogP contribution < -0.4 is 10.6 Å². The van der Waals surface area contributed by atoms with E-state index in [0.29, 0.717) is 6.61 Å². The largest absolute Gasteiger partial charge is 0.395 e. The van der Waals surface area contributed by atoms with Gasteiger partial charge in [0.2, 0.25) is 0 Å². The summed E-state index contributed by atoms with van der Waals surface area (Å²) in [5.41, 5.74) is 6.76. The Hall–Kier alpha value is -1.29. The lowest BCUT2D eigenvalue weighted by Gasteiger charge is -2.39. The van der Waals surface area contributed by atoms with Crippen molar-refractivity contribution in [3.8, 4) is 0 Å². The smallest absolute Gasteiger partial charge is 0.148 e. The molecule has 4 heteroatoms. The normalized spacial score (nSPS) is 25.8. The number of ether oxygens (including phenoxy) is 1. The van der Waals surface area contributed by atoms with Gasteiger partial charge in [0, 0.05) is 12.6 Å². The Bertz CT molecular complexity index is 383. The number of nitrogen functional groups attached to an aromatic ring is 1. The van der Waals surface area contributed by atoms with Gasteiger partial charge in [-0.25, -0.2) is 4.39 Å². The van der Waals surface area contributed by atoms with Crippen molar-refractivity contribution in [1.82, 2.24) is 0 Å². The first-order valence-corrected chi connectivity index (χ1v) is 5.52. The molecule has 2 atom stereocenters. The molecule has 2 N–H and O–H groups in total. The minimum absolute atomic E-state index is 0.152. The summed E-state index contributed by atoms with van der Waals surface area (Å²) in [6.07, 6.45) is 0.152. The fourth-order valence-corrected chi connectivity index (χ4v) is 2.02. The average molecular weight is 224 g/mol. The molecule has 0 saturated carbocycles. The highest BCUT2D eigenvalue weighted by atomic mass is 19.1. The molecule has 0 amide bonds. The Morgan fingerprint density at radius 2 is 2.19 bits per heavy atom. The summed E-state index contributed by atoms with van der Waals surface area (Å²) in [7, 11) is 0. The minimum atomic E-state index is -0.358. The average Bonchev–Trinajstić information content (AvgIpc) is 2.26. The third-order valence-electron chi connectivity index (χ3n) is 2.95. The van der Waals surface area contributed by atoms with Crippen molar-refractivity contribution >= 4 is 11.4 Å². The molecular weight excluding hydrogens is 207 g/mol. The summed E-state index contributed by atoms with van der Waals surface area (Å²) < 4.78 is 18.9. The van der Waals surface area contributed by atoms with Crippen LogP contribution in [-0.4, -0.2) is 25.3 Å². The van der Waals surface area contributed by atoms with E-state index >= 15 is 0 Å². The van der Waals surface area contributed by atoms with Crippen molar-refractivity contribution in [3.05, 3.63) is 24.0 Å². The van der Waals surface area contributed by atoms with Crippen LogP contribution in [0.15, 0.2) is 18.2 Å². The Kier molecular flexibility index (Phi) is 3.01. The van der Waals surface area contributed by atoms with Crippen LogP contribution in [-0.2, 0) is 4.74 Å². The molecule has 0 bridgehead atoms. The Morgan fingerprint density at radius 3 is 2.94 bits per heavy atom. The number of hydrogen-bond donors (Lipinski definition) is 1. The molecular formula is C12H17FN2O. The molecule has 1 aromatic carbocycles. The SMILES string of the molecule is CC1CN(c2cccc(F)c2N)C(C)CO1. The second-order valence-corrected chi connectivity index (χ2v) is 4.32. The zero-order chi connectivity index (χ0) is 11.7. The van der Waals surface area contributed by atoms with Crippen molar-refractivity contribution < 1.29 is 9.13 Å². The highest BCUT2D eigenvalue weighted by Crippen LogP contribution is 2.29. The summed E-state index contributed by atoms with van der Waals surface area (Å²) in [4.78, 5) is 2.10. The monoisotopic (exact) mass is 224 g/mol. The van der Waals surface area contributed by atoms with Gasteiger partial charge < -0.3 is 15.4 Å². The first kappa shape index (κ1) is 11.2. The summed E-state index contributed by atoms with van der Waals surface area (Å²) in [5.74, 6) is -0.358. The van der Waals surface area contributed by atoms with E-state index in [0.717, 1.165) is 12.2 Å². The Morgan fingerprint density at radius 1 is 1.44 bits per heavy atom. The second kappa shape index (κ2) is 4.29. The van der Waals surface area contributed by atoms with Crippen LogP contribution in [0.4, 0.5) is 15.8 Å². The van der Waals surface area contributed by atoms with Crippen molar-refractivity contribution in [1.29, 1.82) is 0 Å². The van der Waals surface area contributed by atoms with Crippen molar-refractivity contribution in [2.24, 2.45) is 0 Å². The minimum Gasteiger partial charge on any atom is -0.395 e. The molecule has 88 valence electrons. The highest BCUT2D eigenvalue weighted by Gasteiger charge is 2.25. The summed E-state index contributed by atoms with van der Waals surface area (Å²) in [5, 5.41) is 0. The molecule has 0 aliphatic carbocycles. The van der Waals surface area contributed by atoms with E-state index < -0.39 is 0 Å². The number of rotatable bonds is 1. The van der Waals surface area contributed by atoms with Crippen LogP contribution in [0.2, 0.25) is 0 Å². The number of para-hydroxylation sites is 1. The third kappa shape index (κ3) is 1.97. The van der Waals surface area contributed by atoms with Crippen molar-refractivity contribution in [2.75, 3.05) is 23.8 Å².